The summed E-state index contributed by atoms with van der Waals surface area (Å²) in [6, 6.07) is 5.28. The molecular formula is C10H6F3O2. The Kier molecular flexibility index (Phi) is 3.49. The molecule has 0 bridgehead atoms. The maximum absolute atomic E-state index is 11.8. The van der Waals surface area contributed by atoms with Crippen molar-refractivity contribution < 1.29 is 22.7 Å². The lowest BCUT2D eigenvalue weighted by molar-refractivity contribution is -0.274. The van der Waals surface area contributed by atoms with E-state index in [9.17, 15) is 18.0 Å². The zero-order valence-electron chi connectivity index (χ0n) is 7.41. The summed E-state index contributed by atoms with van der Waals surface area (Å²) in [7, 11) is 0. The average Bonchev–Trinajstić information content (AvgIpc) is 2.12. The topological polar surface area (TPSA) is 26.3 Å². The van der Waals surface area contributed by atoms with Gasteiger partial charge in [0.05, 0.1) is 0 Å². The molecule has 0 unspecified atom stereocenters. The van der Waals surface area contributed by atoms with Crippen molar-refractivity contribution in [3.63, 3.8) is 0 Å². The number of benzene rings is 1. The first-order valence-electron chi connectivity index (χ1n) is 3.91. The number of hydrogen-bond acceptors (Lipinski definition) is 2. The fraction of sp³-hybridized carbons (Fsp3) is 0.100. The average molecular weight is 215 g/mol. The third-order valence-electron chi connectivity index (χ3n) is 1.44. The number of alkyl halides is 3. The second-order valence-corrected chi connectivity index (χ2v) is 2.57. The van der Waals surface area contributed by atoms with E-state index >= 15 is 0 Å². The lowest BCUT2D eigenvalue weighted by Crippen LogP contribution is -2.17. The standard InChI is InChI=1S/C10H6F3O2/c11-10(12,13)15-9-5-1-3-8(7-9)4-2-6-14/h1-5,7H. The highest BCUT2D eigenvalue weighted by Crippen LogP contribution is 2.23. The minimum Gasteiger partial charge on any atom is -0.406 e. The maximum atomic E-state index is 11.8. The molecule has 1 rings (SSSR count). The van der Waals surface area contributed by atoms with Gasteiger partial charge in [-0.15, -0.1) is 13.2 Å². The van der Waals surface area contributed by atoms with Gasteiger partial charge in [0.15, 0.2) is 0 Å². The van der Waals surface area contributed by atoms with E-state index < -0.39 is 6.36 Å². The Hall–Kier alpha value is -1.78. The number of allylic oxidation sites excluding steroid dienone is 1. The predicted molar refractivity (Wildman–Crippen MR) is 47.9 cm³/mol. The lowest BCUT2D eigenvalue weighted by atomic mass is 10.2. The van der Waals surface area contributed by atoms with Crippen molar-refractivity contribution in [3.05, 3.63) is 35.9 Å². The second-order valence-electron chi connectivity index (χ2n) is 2.57. The van der Waals surface area contributed by atoms with Crippen molar-refractivity contribution in [1.29, 1.82) is 0 Å². The van der Waals surface area contributed by atoms with Gasteiger partial charge in [-0.2, -0.15) is 0 Å². The van der Waals surface area contributed by atoms with Crippen LogP contribution in [0.5, 0.6) is 5.75 Å². The van der Waals surface area contributed by atoms with Gasteiger partial charge in [-0.3, -0.25) is 4.79 Å². The van der Waals surface area contributed by atoms with Crippen LogP contribution in [-0.2, 0) is 4.79 Å². The first-order valence-corrected chi connectivity index (χ1v) is 3.91. The molecule has 0 atom stereocenters. The molecule has 79 valence electrons. The van der Waals surface area contributed by atoms with Crippen LogP contribution in [0.25, 0.3) is 6.08 Å². The quantitative estimate of drug-likeness (QED) is 0.724. The summed E-state index contributed by atoms with van der Waals surface area (Å²) in [5, 5.41) is 0. The second kappa shape index (κ2) is 4.63. The van der Waals surface area contributed by atoms with Crippen LogP contribution in [0.2, 0.25) is 0 Å². The van der Waals surface area contributed by atoms with Gasteiger partial charge in [-0.1, -0.05) is 18.2 Å². The summed E-state index contributed by atoms with van der Waals surface area (Å²) in [6.07, 6.45) is -0.827. The number of hydrogen-bond donors (Lipinski definition) is 0. The SMILES string of the molecule is O=[C]C=Cc1cccc(OC(F)(F)F)c1. The van der Waals surface area contributed by atoms with Gasteiger partial charge in [-0.25, -0.2) is 0 Å². The molecule has 1 aromatic carbocycles. The molecule has 1 aromatic rings. The highest BCUT2D eigenvalue weighted by Gasteiger charge is 2.30. The van der Waals surface area contributed by atoms with Gasteiger partial charge in [0.25, 0.3) is 0 Å². The van der Waals surface area contributed by atoms with E-state index in [1.165, 1.54) is 36.6 Å². The van der Waals surface area contributed by atoms with E-state index in [0.29, 0.717) is 5.56 Å². The van der Waals surface area contributed by atoms with Crippen molar-refractivity contribution in [2.45, 2.75) is 6.36 Å². The third-order valence-corrected chi connectivity index (χ3v) is 1.44. The Bertz CT molecular complexity index is 369. The summed E-state index contributed by atoms with van der Waals surface area (Å²) in [6.45, 7) is 0. The summed E-state index contributed by atoms with van der Waals surface area (Å²) in [5.41, 5.74) is 0.431. The van der Waals surface area contributed by atoms with E-state index in [2.05, 4.69) is 4.74 Å². The fourth-order valence-electron chi connectivity index (χ4n) is 0.946. The van der Waals surface area contributed by atoms with Crippen LogP contribution in [0.15, 0.2) is 30.3 Å². The Morgan fingerprint density at radius 3 is 2.67 bits per heavy atom. The molecule has 0 aromatic heterocycles. The van der Waals surface area contributed by atoms with Crippen LogP contribution in [0, 0.1) is 0 Å². The van der Waals surface area contributed by atoms with Gasteiger partial charge in [0.2, 0.25) is 6.29 Å². The van der Waals surface area contributed by atoms with Gasteiger partial charge in [-0.05, 0) is 23.8 Å². The predicted octanol–water partition coefficient (Wildman–Crippen LogP) is 2.71. The van der Waals surface area contributed by atoms with Crippen LogP contribution in [0.3, 0.4) is 0 Å². The van der Waals surface area contributed by atoms with Crippen molar-refractivity contribution in [2.24, 2.45) is 0 Å². The molecule has 5 heteroatoms. The highest BCUT2D eigenvalue weighted by atomic mass is 19.4. The first kappa shape index (κ1) is 11.3. The minimum absolute atomic E-state index is 0.324. The smallest absolute Gasteiger partial charge is 0.406 e. The molecule has 0 saturated heterocycles. The van der Waals surface area contributed by atoms with Crippen LogP contribution in [0.1, 0.15) is 5.56 Å². The van der Waals surface area contributed by atoms with Crippen molar-refractivity contribution in [1.82, 2.24) is 0 Å². The number of halogens is 3. The number of carbonyl (C=O) groups excluding carboxylic acids is 1. The summed E-state index contributed by atoms with van der Waals surface area (Å²) in [5.74, 6) is -0.324. The van der Waals surface area contributed by atoms with Crippen LogP contribution >= 0.6 is 0 Å². The van der Waals surface area contributed by atoms with Gasteiger partial charge in [0, 0.05) is 0 Å². The molecule has 0 fully saturated rings. The zero-order valence-corrected chi connectivity index (χ0v) is 7.41. The number of ether oxygens (including phenoxy) is 1. The Morgan fingerprint density at radius 1 is 1.33 bits per heavy atom. The van der Waals surface area contributed by atoms with E-state index in [1.807, 2.05) is 0 Å². The molecule has 0 aliphatic rings. The molecule has 2 nitrogen and oxygen atoms in total. The van der Waals surface area contributed by atoms with Gasteiger partial charge in [0.1, 0.15) is 5.75 Å². The summed E-state index contributed by atoms with van der Waals surface area (Å²) in [4.78, 5) is 9.87. The molecular weight excluding hydrogens is 209 g/mol. The zero-order chi connectivity index (χ0) is 11.3. The molecule has 0 amide bonds. The summed E-state index contributed by atoms with van der Waals surface area (Å²) < 4.78 is 39.2. The van der Waals surface area contributed by atoms with E-state index in [0.717, 1.165) is 6.08 Å². The fourth-order valence-corrected chi connectivity index (χ4v) is 0.946. The van der Waals surface area contributed by atoms with Crippen LogP contribution < -0.4 is 4.74 Å². The number of rotatable bonds is 3. The summed E-state index contributed by atoms with van der Waals surface area (Å²) >= 11 is 0. The third kappa shape index (κ3) is 4.30. The van der Waals surface area contributed by atoms with Gasteiger partial charge < -0.3 is 4.74 Å². The molecule has 0 spiro atoms. The van der Waals surface area contributed by atoms with Crippen molar-refractivity contribution in [3.8, 4) is 5.75 Å². The Morgan fingerprint density at radius 2 is 2.07 bits per heavy atom. The Balaban J connectivity index is 2.83. The van der Waals surface area contributed by atoms with Crippen LogP contribution in [0.4, 0.5) is 13.2 Å². The van der Waals surface area contributed by atoms with E-state index in [1.54, 1.807) is 0 Å². The molecule has 0 aliphatic carbocycles. The molecule has 0 heterocycles. The lowest BCUT2D eigenvalue weighted by Gasteiger charge is -2.08. The van der Waals surface area contributed by atoms with E-state index in [-0.39, 0.29) is 5.75 Å². The van der Waals surface area contributed by atoms with Crippen molar-refractivity contribution >= 4 is 12.4 Å². The molecule has 15 heavy (non-hydrogen) atoms. The van der Waals surface area contributed by atoms with Gasteiger partial charge >= 0.3 is 6.36 Å². The molecule has 0 N–H and O–H groups in total. The molecule has 0 saturated carbocycles. The Labute approximate surface area is 84.0 Å². The first-order chi connectivity index (χ1) is 7.01. The highest BCUT2D eigenvalue weighted by molar-refractivity contribution is 5.74. The maximum Gasteiger partial charge on any atom is 0.573 e. The van der Waals surface area contributed by atoms with Crippen molar-refractivity contribution in [2.75, 3.05) is 0 Å². The monoisotopic (exact) mass is 215 g/mol. The van der Waals surface area contributed by atoms with E-state index in [4.69, 9.17) is 0 Å². The normalized spacial score (nSPS) is 11.7. The molecule has 0 aliphatic heterocycles. The largest absolute Gasteiger partial charge is 0.573 e. The van der Waals surface area contributed by atoms with Crippen LogP contribution in [-0.4, -0.2) is 12.6 Å². The molecule has 1 radical (unpaired) electrons. The minimum atomic E-state index is -4.71.